The van der Waals surface area contributed by atoms with Crippen LogP contribution in [0.4, 0.5) is 0 Å². The molecule has 33 heavy (non-hydrogen) atoms. The first-order valence-corrected chi connectivity index (χ1v) is 13.3. The number of rotatable bonds is 1. The lowest BCUT2D eigenvalue weighted by molar-refractivity contribution is -0.182. The highest BCUT2D eigenvalue weighted by molar-refractivity contribution is 5.76. The van der Waals surface area contributed by atoms with Crippen LogP contribution in [0, 0.1) is 51.2 Å². The van der Waals surface area contributed by atoms with Gasteiger partial charge < -0.3 is 15.3 Å². The number of aliphatic carboxylic acids is 1. The van der Waals surface area contributed by atoms with Crippen LogP contribution >= 0.6 is 0 Å². The summed E-state index contributed by atoms with van der Waals surface area (Å²) in [7, 11) is 0. The van der Waals surface area contributed by atoms with Crippen LogP contribution in [0.25, 0.3) is 0 Å². The zero-order valence-electron chi connectivity index (χ0n) is 21.2. The van der Waals surface area contributed by atoms with Gasteiger partial charge in [0.2, 0.25) is 0 Å². The molecule has 0 aromatic carbocycles. The molecule has 5 aliphatic rings. The molecular weight excluding hydrogens is 412 g/mol. The molecule has 184 valence electrons. The SMILES string of the molecule is C=C1C(O)C(O)CC2(C)C1CCC1(C)C2CC=C2C3[C@@H](C)[C@H](C)CCC3(C(=O)O)CCC21C. The minimum Gasteiger partial charge on any atom is -0.481 e. The molecule has 4 nitrogen and oxygen atoms in total. The summed E-state index contributed by atoms with van der Waals surface area (Å²) in [6.07, 6.45) is 8.04. The number of aliphatic hydroxyl groups is 2. The number of hydrogen-bond donors (Lipinski definition) is 3. The monoisotopic (exact) mass is 456 g/mol. The van der Waals surface area contributed by atoms with Crippen molar-refractivity contribution in [2.24, 2.45) is 51.2 Å². The van der Waals surface area contributed by atoms with Crippen LogP contribution in [-0.4, -0.2) is 33.5 Å². The average Bonchev–Trinajstić information content (AvgIpc) is 2.75. The normalized spacial score (nSPS) is 56.0. The van der Waals surface area contributed by atoms with Crippen LogP contribution < -0.4 is 0 Å². The summed E-state index contributed by atoms with van der Waals surface area (Å²) in [4.78, 5) is 12.8. The van der Waals surface area contributed by atoms with Crippen LogP contribution in [0.1, 0.15) is 86.0 Å². The summed E-state index contributed by atoms with van der Waals surface area (Å²) in [6.45, 7) is 16.1. The fourth-order valence-electron chi connectivity index (χ4n) is 10.1. The summed E-state index contributed by atoms with van der Waals surface area (Å²) in [6, 6.07) is 0. The molecule has 4 fully saturated rings. The van der Waals surface area contributed by atoms with E-state index in [2.05, 4.69) is 47.3 Å². The molecule has 9 unspecified atom stereocenters. The highest BCUT2D eigenvalue weighted by Crippen LogP contribution is 2.74. The average molecular weight is 457 g/mol. The first-order chi connectivity index (χ1) is 15.3. The van der Waals surface area contributed by atoms with Gasteiger partial charge in [0.05, 0.1) is 11.5 Å². The van der Waals surface area contributed by atoms with Crippen LogP contribution in [0.5, 0.6) is 0 Å². The molecule has 4 heteroatoms. The van der Waals surface area contributed by atoms with Gasteiger partial charge >= 0.3 is 5.97 Å². The molecule has 0 radical (unpaired) electrons. The molecule has 0 bridgehead atoms. The lowest BCUT2D eigenvalue weighted by atomic mass is 9.34. The van der Waals surface area contributed by atoms with Crippen LogP contribution in [0.15, 0.2) is 23.8 Å². The van der Waals surface area contributed by atoms with Crippen molar-refractivity contribution in [3.63, 3.8) is 0 Å². The quantitative estimate of drug-likeness (QED) is 0.450. The molecule has 4 saturated carbocycles. The Bertz CT molecular complexity index is 907. The van der Waals surface area contributed by atoms with E-state index in [0.29, 0.717) is 24.2 Å². The lowest BCUT2D eigenvalue weighted by Crippen LogP contribution is -2.64. The summed E-state index contributed by atoms with van der Waals surface area (Å²) in [5.41, 5.74) is 1.58. The minimum absolute atomic E-state index is 0.0266. The van der Waals surface area contributed by atoms with Gasteiger partial charge in [-0.1, -0.05) is 52.8 Å². The van der Waals surface area contributed by atoms with Gasteiger partial charge in [-0.25, -0.2) is 0 Å². The van der Waals surface area contributed by atoms with Crippen LogP contribution in [-0.2, 0) is 4.79 Å². The summed E-state index contributed by atoms with van der Waals surface area (Å²) >= 11 is 0. The van der Waals surface area contributed by atoms with Crippen LogP contribution in [0.3, 0.4) is 0 Å². The van der Waals surface area contributed by atoms with E-state index in [1.807, 2.05) is 0 Å². The Morgan fingerprint density at radius 2 is 1.76 bits per heavy atom. The molecule has 0 heterocycles. The number of fused-ring (bicyclic) bond motifs is 7. The number of carbonyl (C=O) groups is 1. The summed E-state index contributed by atoms with van der Waals surface area (Å²) < 4.78 is 0. The predicted molar refractivity (Wildman–Crippen MR) is 129 cm³/mol. The first kappa shape index (κ1) is 23.6. The Hall–Kier alpha value is -1.13. The highest BCUT2D eigenvalue weighted by Gasteiger charge is 2.68. The first-order valence-electron chi connectivity index (χ1n) is 13.3. The van der Waals surface area contributed by atoms with E-state index in [0.717, 1.165) is 50.5 Å². The molecule has 0 aromatic heterocycles. The van der Waals surface area contributed by atoms with Gasteiger partial charge in [0.1, 0.15) is 6.10 Å². The molecular formula is C29H44O4. The van der Waals surface area contributed by atoms with Gasteiger partial charge in [-0.3, -0.25) is 4.79 Å². The summed E-state index contributed by atoms with van der Waals surface area (Å²) in [5.74, 6) is 1.09. The standard InChI is InChI=1S/C29H44O4/c1-16-9-12-29(25(32)33)14-13-27(5)20(23(29)17(16)2)7-8-22-26(4)15-21(30)24(31)18(3)19(26)10-11-28(22,27)6/h7,16-17,19,21-24,30-31H,3,8-15H2,1-2,4-6H3,(H,32,33)/t16-,17+,19?,21?,22?,23?,24?,26?,27?,28?,29?/m1/s1. The van der Waals surface area contributed by atoms with Gasteiger partial charge in [0.25, 0.3) is 0 Å². The molecule has 5 rings (SSSR count). The molecule has 0 amide bonds. The number of aliphatic hydroxyl groups excluding tert-OH is 2. The van der Waals surface area contributed by atoms with Crippen LogP contribution in [0.2, 0.25) is 0 Å². The van der Waals surface area contributed by atoms with Crippen molar-refractivity contribution in [1.29, 1.82) is 0 Å². The van der Waals surface area contributed by atoms with Gasteiger partial charge in [-0.2, -0.15) is 0 Å². The Labute approximate surface area is 199 Å². The van der Waals surface area contributed by atoms with Crippen molar-refractivity contribution < 1.29 is 20.1 Å². The maximum Gasteiger partial charge on any atom is 0.310 e. The van der Waals surface area contributed by atoms with Gasteiger partial charge in [-0.05, 0) is 103 Å². The fraction of sp³-hybridized carbons (Fsp3) is 0.828. The van der Waals surface area contributed by atoms with Crippen molar-refractivity contribution >= 4 is 5.97 Å². The van der Waals surface area contributed by atoms with Crippen molar-refractivity contribution in [3.8, 4) is 0 Å². The number of carboxylic acid groups (broad SMARTS) is 1. The maximum absolute atomic E-state index is 12.8. The highest BCUT2D eigenvalue weighted by atomic mass is 16.4. The van der Waals surface area contributed by atoms with Gasteiger partial charge in [0, 0.05) is 0 Å². The molecule has 11 atom stereocenters. The largest absolute Gasteiger partial charge is 0.481 e. The summed E-state index contributed by atoms with van der Waals surface area (Å²) in [5, 5.41) is 31.8. The maximum atomic E-state index is 12.8. The van der Waals surface area contributed by atoms with Gasteiger partial charge in [0.15, 0.2) is 0 Å². The van der Waals surface area contributed by atoms with Crippen molar-refractivity contribution in [2.75, 3.05) is 0 Å². The van der Waals surface area contributed by atoms with E-state index in [-0.39, 0.29) is 28.1 Å². The zero-order chi connectivity index (χ0) is 24.1. The zero-order valence-corrected chi connectivity index (χ0v) is 21.2. The van der Waals surface area contributed by atoms with E-state index >= 15 is 0 Å². The van der Waals surface area contributed by atoms with E-state index in [4.69, 9.17) is 0 Å². The second-order valence-corrected chi connectivity index (χ2v) is 13.4. The third-order valence-electron chi connectivity index (χ3n) is 12.5. The number of carboxylic acids is 1. The molecule has 3 N–H and O–H groups in total. The second-order valence-electron chi connectivity index (χ2n) is 13.4. The topological polar surface area (TPSA) is 77.8 Å². The van der Waals surface area contributed by atoms with E-state index < -0.39 is 23.6 Å². The third-order valence-corrected chi connectivity index (χ3v) is 12.5. The molecule has 5 aliphatic carbocycles. The molecule has 0 spiro atoms. The Morgan fingerprint density at radius 3 is 2.42 bits per heavy atom. The van der Waals surface area contributed by atoms with Crippen molar-refractivity contribution in [1.82, 2.24) is 0 Å². The minimum atomic E-state index is -0.812. The fourth-order valence-corrected chi connectivity index (χ4v) is 10.1. The number of allylic oxidation sites excluding steroid dienone is 2. The van der Waals surface area contributed by atoms with Crippen molar-refractivity contribution in [2.45, 2.75) is 98.2 Å². The van der Waals surface area contributed by atoms with E-state index in [9.17, 15) is 20.1 Å². The lowest BCUT2D eigenvalue weighted by Gasteiger charge is -2.70. The Morgan fingerprint density at radius 1 is 1.06 bits per heavy atom. The Balaban J connectivity index is 1.62. The molecule has 0 aromatic rings. The molecule has 0 saturated heterocycles. The molecule has 0 aliphatic heterocycles. The number of hydrogen-bond acceptors (Lipinski definition) is 3. The third kappa shape index (κ3) is 2.74. The Kier molecular flexibility index (Phi) is 5.15. The van der Waals surface area contributed by atoms with Crippen molar-refractivity contribution in [3.05, 3.63) is 23.8 Å². The van der Waals surface area contributed by atoms with E-state index in [1.165, 1.54) is 5.57 Å². The second kappa shape index (κ2) is 7.20. The van der Waals surface area contributed by atoms with Gasteiger partial charge in [-0.15, -0.1) is 0 Å². The van der Waals surface area contributed by atoms with E-state index in [1.54, 1.807) is 0 Å². The predicted octanol–water partition coefficient (Wildman–Crippen LogP) is 5.59. The smallest absolute Gasteiger partial charge is 0.310 e.